The fourth-order valence-electron chi connectivity index (χ4n) is 4.38. The number of carbonyl (C=O) groups is 3. The van der Waals surface area contributed by atoms with Crippen LogP contribution in [0.4, 0.5) is 5.82 Å². The van der Waals surface area contributed by atoms with Gasteiger partial charge >= 0.3 is 5.97 Å². The van der Waals surface area contributed by atoms with Crippen molar-refractivity contribution in [3.63, 3.8) is 0 Å². The number of unbranched alkanes of at least 4 members (excludes halogenated alkanes) is 1. The van der Waals surface area contributed by atoms with Crippen LogP contribution in [0.3, 0.4) is 0 Å². The normalized spacial score (nSPS) is 11.4. The van der Waals surface area contributed by atoms with Crippen LogP contribution in [0.1, 0.15) is 53.7 Å². The van der Waals surface area contributed by atoms with Gasteiger partial charge in [-0.15, -0.1) is 0 Å². The van der Waals surface area contributed by atoms with E-state index in [1.54, 1.807) is 31.3 Å². The quantitative estimate of drug-likeness (QED) is 0.141. The maximum Gasteiger partial charge on any atom is 0.305 e. The number of aryl methyl sites for hydroxylation is 1. The number of Topliss-reactive ketones (excluding diaryl/α,β-unsaturated/α-hetero) is 1. The number of hydrogen-bond donors (Lipinski definition) is 4. The molecule has 0 radical (unpaired) electrons. The highest BCUT2D eigenvalue weighted by Crippen LogP contribution is 2.17. The lowest BCUT2D eigenvalue weighted by Crippen LogP contribution is -2.38. The number of anilines is 1. The van der Waals surface area contributed by atoms with Crippen LogP contribution in [0.15, 0.2) is 66.7 Å². The molecule has 0 bridgehead atoms. The summed E-state index contributed by atoms with van der Waals surface area (Å²) in [5, 5.41) is 18.4. The van der Waals surface area contributed by atoms with E-state index in [0.29, 0.717) is 43.9 Å². The third-order valence-electron chi connectivity index (χ3n) is 6.56. The van der Waals surface area contributed by atoms with E-state index in [4.69, 9.17) is 9.47 Å². The predicted octanol–water partition coefficient (Wildman–Crippen LogP) is 4.42. The van der Waals surface area contributed by atoms with Crippen LogP contribution >= 0.6 is 0 Å². The Morgan fingerprint density at radius 2 is 1.56 bits per heavy atom. The Hall–Kier alpha value is -4.44. The summed E-state index contributed by atoms with van der Waals surface area (Å²) in [7, 11) is 1.75. The fourth-order valence-corrected chi connectivity index (χ4v) is 4.38. The van der Waals surface area contributed by atoms with E-state index >= 15 is 0 Å². The number of carbonyl (C=O) groups excluding carboxylic acids is 2. The van der Waals surface area contributed by atoms with Gasteiger partial charge in [-0.1, -0.05) is 18.2 Å². The van der Waals surface area contributed by atoms with Crippen LogP contribution < -0.4 is 25.4 Å². The summed E-state index contributed by atoms with van der Waals surface area (Å²) in [6.07, 6.45) is 2.99. The van der Waals surface area contributed by atoms with Gasteiger partial charge in [0.25, 0.3) is 5.91 Å². The molecule has 0 saturated heterocycles. The van der Waals surface area contributed by atoms with Crippen molar-refractivity contribution in [3.05, 3.63) is 83.6 Å². The summed E-state index contributed by atoms with van der Waals surface area (Å²) in [5.41, 5.74) is 2.27. The third kappa shape index (κ3) is 13.0. The standard InChI is InChI=1S/C33H42N4O6/c1-24-7-5-9-31(36-24)35-18-6-20-43-29-14-10-25(11-15-29)21-27(22-32(39)40)37-33(41)26-12-16-30(17-13-26)42-19-4-3-8-28(38)23-34-2/h5,7,9-17,27,34H,3-4,6,8,18-23H2,1-2H3,(H,35,36)(H,37,41)(H,39,40). The molecule has 0 aliphatic heterocycles. The summed E-state index contributed by atoms with van der Waals surface area (Å²) >= 11 is 0. The average Bonchev–Trinajstić information content (AvgIpc) is 2.98. The first-order valence-electron chi connectivity index (χ1n) is 14.6. The van der Waals surface area contributed by atoms with Gasteiger partial charge in [-0.3, -0.25) is 14.4 Å². The molecule has 1 amide bonds. The number of ether oxygens (including phenoxy) is 2. The smallest absolute Gasteiger partial charge is 0.305 e. The largest absolute Gasteiger partial charge is 0.494 e. The Labute approximate surface area is 253 Å². The summed E-state index contributed by atoms with van der Waals surface area (Å²) in [6, 6.07) is 19.5. The average molecular weight is 591 g/mol. The SMILES string of the molecule is CNCC(=O)CCCCOc1ccc(C(=O)NC(CC(=O)O)Cc2ccc(OCCCNc3cccc(C)n3)cc2)cc1. The van der Waals surface area contributed by atoms with Gasteiger partial charge in [0.15, 0.2) is 0 Å². The summed E-state index contributed by atoms with van der Waals surface area (Å²) in [5.74, 6) is 1.03. The summed E-state index contributed by atoms with van der Waals surface area (Å²) in [6.45, 7) is 4.09. The van der Waals surface area contributed by atoms with E-state index in [1.165, 1.54) is 0 Å². The van der Waals surface area contributed by atoms with Crippen molar-refractivity contribution in [2.24, 2.45) is 0 Å². The maximum absolute atomic E-state index is 12.9. The number of nitrogens with zero attached hydrogens (tertiary/aromatic N) is 1. The number of aliphatic carboxylic acids is 1. The van der Waals surface area contributed by atoms with Gasteiger partial charge in [-0.05, 0) is 93.7 Å². The van der Waals surface area contributed by atoms with E-state index < -0.39 is 12.0 Å². The molecule has 0 spiro atoms. The van der Waals surface area contributed by atoms with Gasteiger partial charge in [0.2, 0.25) is 0 Å². The van der Waals surface area contributed by atoms with E-state index in [-0.39, 0.29) is 18.1 Å². The van der Waals surface area contributed by atoms with Crippen molar-refractivity contribution in [2.45, 2.75) is 51.5 Å². The van der Waals surface area contributed by atoms with Crippen LogP contribution in [0.25, 0.3) is 0 Å². The number of rotatable bonds is 20. The first kappa shape index (κ1) is 33.1. The number of carboxylic acid groups (broad SMARTS) is 1. The zero-order valence-electron chi connectivity index (χ0n) is 24.9. The molecule has 2 aromatic carbocycles. The Bertz CT molecular complexity index is 1300. The minimum absolute atomic E-state index is 0.178. The van der Waals surface area contributed by atoms with Crippen LogP contribution in [0.2, 0.25) is 0 Å². The number of pyridine rings is 1. The van der Waals surface area contributed by atoms with Gasteiger partial charge in [0.1, 0.15) is 23.1 Å². The molecule has 4 N–H and O–H groups in total. The highest BCUT2D eigenvalue weighted by atomic mass is 16.5. The lowest BCUT2D eigenvalue weighted by Gasteiger charge is -2.18. The minimum atomic E-state index is -0.990. The summed E-state index contributed by atoms with van der Waals surface area (Å²) in [4.78, 5) is 40.3. The van der Waals surface area contributed by atoms with Crippen LogP contribution in [0, 0.1) is 6.92 Å². The Kier molecular flexibility index (Phi) is 14.0. The molecule has 3 aromatic rings. The van der Waals surface area contributed by atoms with Crippen LogP contribution in [-0.2, 0) is 16.0 Å². The number of amides is 1. The number of likely N-dealkylation sites (N-methyl/N-ethyl adjacent to an activating group) is 1. The highest BCUT2D eigenvalue weighted by molar-refractivity contribution is 5.94. The molecular formula is C33H42N4O6. The molecule has 0 aliphatic carbocycles. The Morgan fingerprint density at radius 1 is 0.884 bits per heavy atom. The molecule has 0 fully saturated rings. The number of hydrogen-bond acceptors (Lipinski definition) is 8. The predicted molar refractivity (Wildman–Crippen MR) is 166 cm³/mol. The second kappa shape index (κ2) is 18.2. The van der Waals surface area contributed by atoms with Crippen molar-refractivity contribution in [1.29, 1.82) is 0 Å². The minimum Gasteiger partial charge on any atom is -0.494 e. The van der Waals surface area contributed by atoms with E-state index in [2.05, 4.69) is 20.9 Å². The molecule has 0 aliphatic rings. The zero-order valence-corrected chi connectivity index (χ0v) is 24.9. The molecule has 1 aromatic heterocycles. The van der Waals surface area contributed by atoms with Crippen molar-refractivity contribution >= 4 is 23.5 Å². The first-order valence-corrected chi connectivity index (χ1v) is 14.6. The van der Waals surface area contributed by atoms with Crippen molar-refractivity contribution in [1.82, 2.24) is 15.6 Å². The van der Waals surface area contributed by atoms with Gasteiger partial charge in [-0.2, -0.15) is 0 Å². The highest BCUT2D eigenvalue weighted by Gasteiger charge is 2.18. The Morgan fingerprint density at radius 3 is 2.21 bits per heavy atom. The van der Waals surface area contributed by atoms with E-state index in [0.717, 1.165) is 48.6 Å². The Balaban J connectivity index is 1.41. The number of benzene rings is 2. The van der Waals surface area contributed by atoms with Crippen molar-refractivity contribution in [2.75, 3.05) is 38.7 Å². The van der Waals surface area contributed by atoms with Gasteiger partial charge in [0, 0.05) is 30.3 Å². The second-order valence-corrected chi connectivity index (χ2v) is 10.3. The molecular weight excluding hydrogens is 548 g/mol. The van der Waals surface area contributed by atoms with Gasteiger partial charge in [-0.25, -0.2) is 4.98 Å². The fraction of sp³-hybridized carbons (Fsp3) is 0.394. The number of carboxylic acids is 1. The van der Waals surface area contributed by atoms with Gasteiger partial charge < -0.3 is 30.5 Å². The zero-order chi connectivity index (χ0) is 30.9. The summed E-state index contributed by atoms with van der Waals surface area (Å²) < 4.78 is 11.5. The van der Waals surface area contributed by atoms with Gasteiger partial charge in [0.05, 0.1) is 26.2 Å². The molecule has 10 nitrogen and oxygen atoms in total. The molecule has 1 heterocycles. The van der Waals surface area contributed by atoms with E-state index in [9.17, 15) is 19.5 Å². The number of ketones is 1. The van der Waals surface area contributed by atoms with Crippen LogP contribution in [-0.4, -0.2) is 67.1 Å². The molecule has 1 atom stereocenters. The molecule has 230 valence electrons. The van der Waals surface area contributed by atoms with Crippen LogP contribution in [0.5, 0.6) is 11.5 Å². The lowest BCUT2D eigenvalue weighted by molar-refractivity contribution is -0.137. The second-order valence-electron chi connectivity index (χ2n) is 10.3. The van der Waals surface area contributed by atoms with Crippen molar-refractivity contribution < 1.29 is 29.0 Å². The topological polar surface area (TPSA) is 139 Å². The molecule has 0 saturated carbocycles. The third-order valence-corrected chi connectivity index (χ3v) is 6.56. The number of nitrogens with one attached hydrogen (secondary N) is 3. The number of aromatic nitrogens is 1. The lowest BCUT2D eigenvalue weighted by atomic mass is 10.0. The van der Waals surface area contributed by atoms with Crippen molar-refractivity contribution in [3.8, 4) is 11.5 Å². The molecule has 10 heteroatoms. The molecule has 43 heavy (non-hydrogen) atoms. The molecule has 1 unspecified atom stereocenters. The molecule has 3 rings (SSSR count). The monoisotopic (exact) mass is 590 g/mol. The van der Waals surface area contributed by atoms with E-state index in [1.807, 2.05) is 49.4 Å². The maximum atomic E-state index is 12.9. The first-order chi connectivity index (χ1) is 20.8.